The molecule has 1 fully saturated rings. The number of amides is 1. The fourth-order valence-corrected chi connectivity index (χ4v) is 5.77. The molecule has 5 aromatic rings. The Kier molecular flexibility index (Phi) is 7.67. The Hall–Kier alpha value is -5.35. The average Bonchev–Trinajstić information content (AvgIpc) is 3.71. The highest BCUT2D eigenvalue weighted by Crippen LogP contribution is 2.36. The van der Waals surface area contributed by atoms with Gasteiger partial charge in [-0.3, -0.25) is 9.69 Å². The summed E-state index contributed by atoms with van der Waals surface area (Å²) >= 11 is 1.29. The lowest BCUT2D eigenvalue weighted by Crippen LogP contribution is -2.28. The van der Waals surface area contributed by atoms with Gasteiger partial charge in [0.05, 0.1) is 36.4 Å². The van der Waals surface area contributed by atoms with Gasteiger partial charge in [0, 0.05) is 22.7 Å². The van der Waals surface area contributed by atoms with Crippen molar-refractivity contribution in [1.82, 2.24) is 9.47 Å². The third-order valence-corrected chi connectivity index (χ3v) is 7.90. The van der Waals surface area contributed by atoms with Crippen LogP contribution < -0.4 is 0 Å². The summed E-state index contributed by atoms with van der Waals surface area (Å²) in [6.45, 7) is 0.610. The quantitative estimate of drug-likeness (QED) is 0.160. The second kappa shape index (κ2) is 11.9. The summed E-state index contributed by atoms with van der Waals surface area (Å²) in [6.07, 6.45) is 3.81. The maximum Gasteiger partial charge on any atom is 0.373 e. The van der Waals surface area contributed by atoms with E-state index in [0.29, 0.717) is 28.1 Å². The molecule has 6 rings (SSSR count). The number of nitrogens with zero attached hydrogens (tertiary/aromatic N) is 3. The Bertz CT molecular complexity index is 1900. The fourth-order valence-electron chi connectivity index (χ4n) is 4.78. The number of esters is 1. The summed E-state index contributed by atoms with van der Waals surface area (Å²) in [4.78, 5) is 43.8. The molecule has 1 saturated heterocycles. The summed E-state index contributed by atoms with van der Waals surface area (Å²) in [6, 6.07) is 27.0. The molecular weight excluding hydrogens is 566 g/mol. The number of ether oxygens (including phenoxy) is 1. The highest BCUT2D eigenvalue weighted by Gasteiger charge is 2.34. The summed E-state index contributed by atoms with van der Waals surface area (Å²) in [5.41, 5.74) is 3.46. The number of fused-ring (bicyclic) bond motifs is 1. The molecule has 214 valence electrons. The summed E-state index contributed by atoms with van der Waals surface area (Å²) in [5, 5.41) is 10.7. The zero-order valence-electron chi connectivity index (χ0n) is 23.0. The number of amidine groups is 1. The van der Waals surface area contributed by atoms with Crippen LogP contribution in [0.1, 0.15) is 37.8 Å². The van der Waals surface area contributed by atoms with E-state index in [2.05, 4.69) is 0 Å². The van der Waals surface area contributed by atoms with Crippen LogP contribution >= 0.6 is 11.8 Å². The molecule has 0 radical (unpaired) electrons. The van der Waals surface area contributed by atoms with Gasteiger partial charge in [0.1, 0.15) is 5.76 Å². The molecule has 3 aromatic carbocycles. The van der Waals surface area contributed by atoms with Gasteiger partial charge in [-0.05, 0) is 65.9 Å². The molecule has 3 heterocycles. The zero-order chi connectivity index (χ0) is 29.9. The summed E-state index contributed by atoms with van der Waals surface area (Å²) in [7, 11) is 1.30. The van der Waals surface area contributed by atoms with Crippen molar-refractivity contribution in [2.45, 2.75) is 13.1 Å². The van der Waals surface area contributed by atoms with Gasteiger partial charge >= 0.3 is 11.9 Å². The topological polar surface area (TPSA) is 114 Å². The predicted octanol–water partition coefficient (Wildman–Crippen LogP) is 6.57. The van der Waals surface area contributed by atoms with E-state index in [0.717, 1.165) is 22.0 Å². The number of carboxylic acids is 1. The van der Waals surface area contributed by atoms with Crippen LogP contribution in [0.15, 0.2) is 112 Å². The van der Waals surface area contributed by atoms with Crippen molar-refractivity contribution in [3.05, 3.63) is 130 Å². The van der Waals surface area contributed by atoms with E-state index >= 15 is 0 Å². The van der Waals surface area contributed by atoms with Gasteiger partial charge in [0.15, 0.2) is 5.17 Å². The molecular formula is C33H25N3O6S. The van der Waals surface area contributed by atoms with E-state index in [1.54, 1.807) is 29.2 Å². The minimum Gasteiger partial charge on any atom is -0.478 e. The number of aromatic carboxylic acids is 1. The molecule has 43 heavy (non-hydrogen) atoms. The van der Waals surface area contributed by atoms with Crippen LogP contribution in [0.3, 0.4) is 0 Å². The first kappa shape index (κ1) is 27.8. The number of aliphatic imine (C=N–C) groups is 1. The average molecular weight is 592 g/mol. The minimum atomic E-state index is -1.01. The van der Waals surface area contributed by atoms with Crippen molar-refractivity contribution in [2.24, 2.45) is 4.99 Å². The van der Waals surface area contributed by atoms with E-state index < -0.39 is 11.9 Å². The van der Waals surface area contributed by atoms with E-state index in [4.69, 9.17) is 14.1 Å². The number of para-hydroxylation sites is 2. The molecule has 2 aromatic heterocycles. The smallest absolute Gasteiger partial charge is 0.373 e. The van der Waals surface area contributed by atoms with Crippen LogP contribution in [-0.2, 0) is 22.6 Å². The molecule has 1 aliphatic heterocycles. The van der Waals surface area contributed by atoms with Gasteiger partial charge in [0.25, 0.3) is 5.91 Å². The van der Waals surface area contributed by atoms with Crippen molar-refractivity contribution in [3.63, 3.8) is 0 Å². The van der Waals surface area contributed by atoms with Crippen molar-refractivity contribution in [1.29, 1.82) is 0 Å². The van der Waals surface area contributed by atoms with E-state index in [-0.39, 0.29) is 23.8 Å². The van der Waals surface area contributed by atoms with Crippen LogP contribution in [0, 0.1) is 0 Å². The molecule has 0 aliphatic carbocycles. The Balaban J connectivity index is 1.34. The molecule has 10 heteroatoms. The number of hydrogen-bond acceptors (Lipinski definition) is 7. The van der Waals surface area contributed by atoms with Gasteiger partial charge < -0.3 is 18.8 Å². The van der Waals surface area contributed by atoms with Crippen molar-refractivity contribution < 1.29 is 28.6 Å². The third kappa shape index (κ3) is 5.86. The first-order valence-corrected chi connectivity index (χ1v) is 14.1. The van der Waals surface area contributed by atoms with Crippen LogP contribution in [0.5, 0.6) is 0 Å². The maximum atomic E-state index is 13.8. The standard InChI is InChI=1S/C33H25N3O6S/c1-41-32(40)28-16-15-25(42-28)20-35-19-23(26-9-5-6-10-27(26)35)17-29-30(37)36(18-21-11-13-22(14-12-21)31(38)39)33(43-29)34-24-7-3-2-4-8-24/h2-17,19H,18,20H2,1H3,(H,38,39)/b29-17-,34-33?. The van der Waals surface area contributed by atoms with Crippen LogP contribution in [-0.4, -0.2) is 44.7 Å². The van der Waals surface area contributed by atoms with Crippen molar-refractivity contribution >= 4 is 57.4 Å². The first-order chi connectivity index (χ1) is 20.9. The molecule has 1 N–H and O–H groups in total. The third-order valence-electron chi connectivity index (χ3n) is 6.89. The van der Waals surface area contributed by atoms with Crippen LogP contribution in [0.2, 0.25) is 0 Å². The molecule has 0 spiro atoms. The largest absolute Gasteiger partial charge is 0.478 e. The van der Waals surface area contributed by atoms with E-state index in [1.807, 2.05) is 71.4 Å². The second-order valence-electron chi connectivity index (χ2n) is 9.72. The fraction of sp³-hybridized carbons (Fsp3) is 0.0909. The molecule has 9 nitrogen and oxygen atoms in total. The zero-order valence-corrected chi connectivity index (χ0v) is 23.8. The lowest BCUT2D eigenvalue weighted by molar-refractivity contribution is -0.122. The number of carboxylic acid groups (broad SMARTS) is 1. The molecule has 0 bridgehead atoms. The number of benzene rings is 3. The Morgan fingerprint density at radius 1 is 0.953 bits per heavy atom. The highest BCUT2D eigenvalue weighted by molar-refractivity contribution is 8.18. The van der Waals surface area contributed by atoms with E-state index in [9.17, 15) is 19.5 Å². The van der Waals surface area contributed by atoms with Gasteiger partial charge in [0.2, 0.25) is 5.76 Å². The first-order valence-electron chi connectivity index (χ1n) is 13.3. The lowest BCUT2D eigenvalue weighted by Gasteiger charge is -2.16. The maximum absolute atomic E-state index is 13.8. The number of methoxy groups -OCH3 is 1. The summed E-state index contributed by atoms with van der Waals surface area (Å²) in [5.74, 6) is -1.03. The second-order valence-corrected chi connectivity index (χ2v) is 10.7. The van der Waals surface area contributed by atoms with Crippen molar-refractivity contribution in [3.8, 4) is 0 Å². The SMILES string of the molecule is COC(=O)c1ccc(Cn2cc(/C=C3\SC(=Nc4ccccc4)N(Cc4ccc(C(=O)O)cc4)C3=O)c3ccccc32)o1. The lowest BCUT2D eigenvalue weighted by atomic mass is 10.1. The Morgan fingerprint density at radius 2 is 1.70 bits per heavy atom. The normalized spacial score (nSPS) is 15.1. The Labute approximate surface area is 250 Å². The molecule has 1 aliphatic rings. The van der Waals surface area contributed by atoms with Gasteiger partial charge in [-0.2, -0.15) is 0 Å². The number of carbonyl (C=O) groups is 3. The minimum absolute atomic E-state index is 0.132. The Morgan fingerprint density at radius 3 is 2.44 bits per heavy atom. The predicted molar refractivity (Wildman–Crippen MR) is 164 cm³/mol. The molecule has 0 atom stereocenters. The molecule has 0 saturated carbocycles. The highest BCUT2D eigenvalue weighted by atomic mass is 32.2. The van der Waals surface area contributed by atoms with Gasteiger partial charge in [-0.1, -0.05) is 48.5 Å². The molecule has 0 unspecified atom stereocenters. The van der Waals surface area contributed by atoms with E-state index in [1.165, 1.54) is 31.0 Å². The number of thioether (sulfide) groups is 1. The van der Waals surface area contributed by atoms with Crippen molar-refractivity contribution in [2.75, 3.05) is 7.11 Å². The number of aromatic nitrogens is 1. The molecule has 1 amide bonds. The van der Waals surface area contributed by atoms with Crippen LogP contribution in [0.25, 0.3) is 17.0 Å². The number of hydrogen-bond donors (Lipinski definition) is 1. The van der Waals surface area contributed by atoms with Gasteiger partial charge in [-0.25, -0.2) is 14.6 Å². The number of furan rings is 1. The summed E-state index contributed by atoms with van der Waals surface area (Å²) < 4.78 is 12.4. The number of carbonyl (C=O) groups excluding carboxylic acids is 2. The number of rotatable bonds is 8. The van der Waals surface area contributed by atoms with Gasteiger partial charge in [-0.15, -0.1) is 0 Å². The monoisotopic (exact) mass is 591 g/mol. The van der Waals surface area contributed by atoms with Crippen LogP contribution in [0.4, 0.5) is 5.69 Å².